The molecule has 6 heteroatoms. The predicted octanol–water partition coefficient (Wildman–Crippen LogP) is 1.84. The summed E-state index contributed by atoms with van der Waals surface area (Å²) in [6, 6.07) is 10.0. The van der Waals surface area contributed by atoms with Crippen LogP contribution in [0.3, 0.4) is 0 Å². The zero-order valence-corrected chi connectivity index (χ0v) is 9.71. The van der Waals surface area contributed by atoms with Crippen LogP contribution in [0.1, 0.15) is 5.82 Å². The molecule has 0 saturated heterocycles. The summed E-state index contributed by atoms with van der Waals surface area (Å²) in [6.45, 7) is 0.559. The van der Waals surface area contributed by atoms with Crippen molar-refractivity contribution in [1.29, 1.82) is 0 Å². The van der Waals surface area contributed by atoms with Gasteiger partial charge in [-0.2, -0.15) is 9.47 Å². The molecule has 0 aliphatic carbocycles. The molecule has 2 heterocycles. The topological polar surface area (TPSA) is 56.5 Å². The predicted molar refractivity (Wildman–Crippen MR) is 64.5 cm³/mol. The van der Waals surface area contributed by atoms with Crippen LogP contribution in [0, 0.1) is 0 Å². The van der Waals surface area contributed by atoms with Gasteiger partial charge in [0, 0.05) is 5.56 Å². The van der Waals surface area contributed by atoms with E-state index in [0.29, 0.717) is 6.54 Å². The van der Waals surface area contributed by atoms with Crippen molar-refractivity contribution in [2.75, 3.05) is 0 Å². The molecule has 3 rings (SSSR count). The Morgan fingerprint density at radius 3 is 2.82 bits per heavy atom. The van der Waals surface area contributed by atoms with Gasteiger partial charge in [0.1, 0.15) is 24.2 Å². The Morgan fingerprint density at radius 1 is 1.18 bits per heavy atom. The Labute approximate surface area is 102 Å². The minimum Gasteiger partial charge on any atom is -0.245 e. The third-order valence-corrected chi connectivity index (χ3v) is 3.06. The Hall–Kier alpha value is -2.08. The molecule has 0 amide bonds. The van der Waals surface area contributed by atoms with Crippen LogP contribution >= 0.6 is 11.5 Å². The number of aromatic nitrogens is 5. The van der Waals surface area contributed by atoms with E-state index < -0.39 is 0 Å². The van der Waals surface area contributed by atoms with Gasteiger partial charge in [0.05, 0.1) is 0 Å². The van der Waals surface area contributed by atoms with Crippen molar-refractivity contribution in [2.45, 2.75) is 6.54 Å². The monoisotopic (exact) mass is 243 g/mol. The van der Waals surface area contributed by atoms with E-state index >= 15 is 0 Å². The van der Waals surface area contributed by atoms with Gasteiger partial charge in [0.2, 0.25) is 0 Å². The summed E-state index contributed by atoms with van der Waals surface area (Å²) in [5, 5.41) is 4.95. The Kier molecular flexibility index (Phi) is 2.63. The standard InChI is InChI=1S/C11H9N5S/c1-2-4-9(5-3-1)11-14-10(15-17-11)6-16-8-12-7-13-16/h1-5,7-8H,6H2. The fraction of sp³-hybridized carbons (Fsp3) is 0.0909. The molecule has 0 aliphatic rings. The van der Waals surface area contributed by atoms with Gasteiger partial charge in [0.15, 0.2) is 5.82 Å². The molecule has 2 aromatic heterocycles. The highest BCUT2D eigenvalue weighted by Gasteiger charge is 2.06. The molecule has 0 atom stereocenters. The maximum Gasteiger partial charge on any atom is 0.164 e. The Balaban J connectivity index is 1.84. The summed E-state index contributed by atoms with van der Waals surface area (Å²) < 4.78 is 6.01. The second kappa shape index (κ2) is 4.42. The molecule has 17 heavy (non-hydrogen) atoms. The van der Waals surface area contributed by atoms with Crippen LogP contribution in [0.5, 0.6) is 0 Å². The lowest BCUT2D eigenvalue weighted by Crippen LogP contribution is -2.01. The number of benzene rings is 1. The smallest absolute Gasteiger partial charge is 0.164 e. The highest BCUT2D eigenvalue weighted by molar-refractivity contribution is 7.09. The molecule has 84 valence electrons. The van der Waals surface area contributed by atoms with Crippen LogP contribution in [-0.2, 0) is 6.54 Å². The van der Waals surface area contributed by atoms with Gasteiger partial charge in [-0.15, -0.1) is 0 Å². The number of hydrogen-bond acceptors (Lipinski definition) is 5. The molecule has 1 aromatic carbocycles. The SMILES string of the molecule is c1ccc(-c2nc(Cn3cncn3)ns2)cc1. The van der Waals surface area contributed by atoms with Crippen molar-refractivity contribution in [3.8, 4) is 10.6 Å². The average Bonchev–Trinajstić information content (AvgIpc) is 3.02. The van der Waals surface area contributed by atoms with Crippen molar-refractivity contribution < 1.29 is 0 Å². The molecular formula is C11H9N5S. The lowest BCUT2D eigenvalue weighted by molar-refractivity contribution is 0.662. The van der Waals surface area contributed by atoms with Crippen LogP contribution in [0.15, 0.2) is 43.0 Å². The fourth-order valence-electron chi connectivity index (χ4n) is 1.48. The van der Waals surface area contributed by atoms with E-state index in [1.54, 1.807) is 11.0 Å². The van der Waals surface area contributed by atoms with Crippen molar-refractivity contribution >= 4 is 11.5 Å². The second-order valence-electron chi connectivity index (χ2n) is 3.47. The van der Waals surface area contributed by atoms with Crippen molar-refractivity contribution in [2.24, 2.45) is 0 Å². The maximum atomic E-state index is 4.47. The summed E-state index contributed by atoms with van der Waals surface area (Å²) in [5.41, 5.74) is 1.09. The first-order valence-corrected chi connectivity index (χ1v) is 5.89. The quantitative estimate of drug-likeness (QED) is 0.704. The van der Waals surface area contributed by atoms with Crippen LogP contribution < -0.4 is 0 Å². The van der Waals surface area contributed by atoms with Crippen molar-refractivity contribution in [3.05, 3.63) is 48.8 Å². The first kappa shape index (κ1) is 10.1. The summed E-state index contributed by atoms with van der Waals surface area (Å²) in [5.74, 6) is 0.763. The van der Waals surface area contributed by atoms with Gasteiger partial charge >= 0.3 is 0 Å². The largest absolute Gasteiger partial charge is 0.245 e. The lowest BCUT2D eigenvalue weighted by Gasteiger charge is -1.94. The molecule has 3 aromatic rings. The average molecular weight is 243 g/mol. The number of hydrogen-bond donors (Lipinski definition) is 0. The van der Waals surface area contributed by atoms with E-state index in [0.717, 1.165) is 16.4 Å². The third-order valence-electron chi connectivity index (χ3n) is 2.26. The van der Waals surface area contributed by atoms with Crippen LogP contribution in [0.2, 0.25) is 0 Å². The first-order chi connectivity index (χ1) is 8.42. The molecule has 0 N–H and O–H groups in total. The van der Waals surface area contributed by atoms with Gasteiger partial charge in [-0.05, 0) is 11.5 Å². The molecule has 0 saturated carbocycles. The normalized spacial score (nSPS) is 10.6. The van der Waals surface area contributed by atoms with Crippen LogP contribution in [-0.4, -0.2) is 24.1 Å². The molecule has 0 aliphatic heterocycles. The molecule has 0 fully saturated rings. The summed E-state index contributed by atoms with van der Waals surface area (Å²) >= 11 is 1.40. The number of nitrogens with zero attached hydrogens (tertiary/aromatic N) is 5. The van der Waals surface area contributed by atoms with Gasteiger partial charge < -0.3 is 0 Å². The second-order valence-corrected chi connectivity index (χ2v) is 4.23. The highest BCUT2D eigenvalue weighted by Crippen LogP contribution is 2.20. The third kappa shape index (κ3) is 2.21. The maximum absolute atomic E-state index is 4.47. The van der Waals surface area contributed by atoms with Crippen molar-refractivity contribution in [3.63, 3.8) is 0 Å². The minimum absolute atomic E-state index is 0.559. The van der Waals surface area contributed by atoms with Crippen LogP contribution in [0.4, 0.5) is 0 Å². The summed E-state index contributed by atoms with van der Waals surface area (Å²) in [7, 11) is 0. The van der Waals surface area contributed by atoms with E-state index in [4.69, 9.17) is 0 Å². The highest BCUT2D eigenvalue weighted by atomic mass is 32.1. The van der Waals surface area contributed by atoms with E-state index in [1.165, 1.54) is 17.9 Å². The fourth-order valence-corrected chi connectivity index (χ4v) is 2.15. The van der Waals surface area contributed by atoms with Gasteiger partial charge in [-0.1, -0.05) is 30.3 Å². The molecule has 0 bridgehead atoms. The molecule has 0 radical (unpaired) electrons. The first-order valence-electron chi connectivity index (χ1n) is 5.12. The molecular weight excluding hydrogens is 234 g/mol. The van der Waals surface area contributed by atoms with Gasteiger partial charge in [-0.25, -0.2) is 14.6 Å². The molecule has 0 spiro atoms. The minimum atomic E-state index is 0.559. The number of rotatable bonds is 3. The summed E-state index contributed by atoms with van der Waals surface area (Å²) in [6.07, 6.45) is 3.16. The van der Waals surface area contributed by atoms with E-state index in [-0.39, 0.29) is 0 Å². The van der Waals surface area contributed by atoms with E-state index in [2.05, 4.69) is 19.4 Å². The molecule has 0 unspecified atom stereocenters. The molecule has 5 nitrogen and oxygen atoms in total. The van der Waals surface area contributed by atoms with Crippen molar-refractivity contribution in [1.82, 2.24) is 24.1 Å². The summed E-state index contributed by atoms with van der Waals surface area (Å²) in [4.78, 5) is 8.36. The van der Waals surface area contributed by atoms with Crippen LogP contribution in [0.25, 0.3) is 10.6 Å². The van der Waals surface area contributed by atoms with Gasteiger partial charge in [0.25, 0.3) is 0 Å². The Morgan fingerprint density at radius 2 is 2.06 bits per heavy atom. The zero-order valence-electron chi connectivity index (χ0n) is 8.89. The zero-order chi connectivity index (χ0) is 11.5. The lowest BCUT2D eigenvalue weighted by atomic mass is 10.2. The van der Waals surface area contributed by atoms with E-state index in [1.807, 2.05) is 30.3 Å². The van der Waals surface area contributed by atoms with Gasteiger partial charge in [-0.3, -0.25) is 0 Å². The Bertz CT molecular complexity index is 587. The van der Waals surface area contributed by atoms with E-state index in [9.17, 15) is 0 Å².